The van der Waals surface area contributed by atoms with E-state index in [4.69, 9.17) is 0 Å². The van der Waals surface area contributed by atoms with E-state index < -0.39 is 0 Å². The first-order valence-corrected chi connectivity index (χ1v) is 5.45. The molecule has 0 unspecified atom stereocenters. The molecule has 1 heterocycles. The summed E-state index contributed by atoms with van der Waals surface area (Å²) in [6.07, 6.45) is 0. The van der Waals surface area contributed by atoms with E-state index in [0.29, 0.717) is 0 Å². The molecule has 0 radical (unpaired) electrons. The van der Waals surface area contributed by atoms with E-state index >= 15 is 0 Å². The number of aliphatic hydroxyl groups is 1. The van der Waals surface area contributed by atoms with E-state index in [1.165, 1.54) is 12.1 Å². The molecule has 0 fully saturated rings. The molecule has 0 saturated heterocycles. The van der Waals surface area contributed by atoms with Gasteiger partial charge in [-0.25, -0.2) is 4.39 Å². The highest BCUT2D eigenvalue weighted by molar-refractivity contribution is 5.68. The van der Waals surface area contributed by atoms with Crippen molar-refractivity contribution in [2.24, 2.45) is 0 Å². The number of benzene rings is 1. The Morgan fingerprint density at radius 2 is 1.82 bits per heavy atom. The van der Waals surface area contributed by atoms with Crippen LogP contribution in [0.2, 0.25) is 0 Å². The summed E-state index contributed by atoms with van der Waals surface area (Å²) in [7, 11) is 0. The predicted octanol–water partition coefficient (Wildman–Crippen LogP) is 3.00. The van der Waals surface area contributed by atoms with Crippen molar-refractivity contribution in [2.45, 2.75) is 20.5 Å². The van der Waals surface area contributed by atoms with Crippen LogP contribution in [0.4, 0.5) is 4.39 Å². The normalized spacial score (nSPS) is 10.6. The number of halogens is 1. The summed E-state index contributed by atoms with van der Waals surface area (Å²) in [5.74, 6) is -0.262. The highest BCUT2D eigenvalue weighted by Crippen LogP contribution is 2.26. The van der Waals surface area contributed by atoms with E-state index in [-0.39, 0.29) is 12.4 Å². The fourth-order valence-electron chi connectivity index (χ4n) is 1.94. The maximum Gasteiger partial charge on any atom is 0.123 e. The van der Waals surface area contributed by atoms with E-state index in [0.717, 1.165) is 28.1 Å². The molecule has 17 heavy (non-hydrogen) atoms. The van der Waals surface area contributed by atoms with E-state index in [1.807, 2.05) is 19.9 Å². The lowest BCUT2D eigenvalue weighted by Gasteiger charge is -2.11. The number of rotatable bonds is 2. The fraction of sp³-hybridized carbons (Fsp3) is 0.214. The molecule has 2 nitrogen and oxygen atoms in total. The molecular weight excluding hydrogens is 217 g/mol. The van der Waals surface area contributed by atoms with Gasteiger partial charge in [0.2, 0.25) is 0 Å². The van der Waals surface area contributed by atoms with Crippen LogP contribution >= 0.6 is 0 Å². The SMILES string of the molecule is Cc1cc(-c2ccc(F)cc2)c(CO)c(C)n1. The average Bonchev–Trinajstić information content (AvgIpc) is 2.29. The predicted molar refractivity (Wildman–Crippen MR) is 65.0 cm³/mol. The Kier molecular flexibility index (Phi) is 3.20. The van der Waals surface area contributed by atoms with Crippen molar-refractivity contribution >= 4 is 0 Å². The minimum absolute atomic E-state index is 0.0637. The highest BCUT2D eigenvalue weighted by Gasteiger charge is 2.09. The number of hydrogen-bond acceptors (Lipinski definition) is 2. The van der Waals surface area contributed by atoms with Crippen LogP contribution in [0.3, 0.4) is 0 Å². The zero-order chi connectivity index (χ0) is 12.4. The molecule has 0 spiro atoms. The second-order valence-corrected chi connectivity index (χ2v) is 4.04. The molecule has 2 aromatic rings. The van der Waals surface area contributed by atoms with E-state index in [1.54, 1.807) is 12.1 Å². The van der Waals surface area contributed by atoms with Crippen LogP contribution in [0.15, 0.2) is 30.3 Å². The van der Waals surface area contributed by atoms with Crippen molar-refractivity contribution in [1.29, 1.82) is 0 Å². The molecule has 0 atom stereocenters. The van der Waals surface area contributed by atoms with Gasteiger partial charge in [0.1, 0.15) is 5.82 Å². The Balaban J connectivity index is 2.61. The zero-order valence-corrected chi connectivity index (χ0v) is 9.87. The second-order valence-electron chi connectivity index (χ2n) is 4.04. The summed E-state index contributed by atoms with van der Waals surface area (Å²) in [5, 5.41) is 9.39. The Morgan fingerprint density at radius 1 is 1.18 bits per heavy atom. The van der Waals surface area contributed by atoms with Gasteiger partial charge in [-0.05, 0) is 43.2 Å². The topological polar surface area (TPSA) is 33.1 Å². The first-order chi connectivity index (χ1) is 8.11. The van der Waals surface area contributed by atoms with Gasteiger partial charge >= 0.3 is 0 Å². The molecule has 88 valence electrons. The van der Waals surface area contributed by atoms with Gasteiger partial charge < -0.3 is 5.11 Å². The fourth-order valence-corrected chi connectivity index (χ4v) is 1.94. The Bertz CT molecular complexity index is 535. The smallest absolute Gasteiger partial charge is 0.123 e. The van der Waals surface area contributed by atoms with E-state index in [2.05, 4.69) is 4.98 Å². The summed E-state index contributed by atoms with van der Waals surface area (Å²) in [6.45, 7) is 3.71. The molecule has 0 aliphatic rings. The van der Waals surface area contributed by atoms with Crippen LogP contribution in [0.1, 0.15) is 17.0 Å². The summed E-state index contributed by atoms with van der Waals surface area (Å²) >= 11 is 0. The number of aryl methyl sites for hydroxylation is 2. The van der Waals surface area contributed by atoms with Gasteiger partial charge in [-0.15, -0.1) is 0 Å². The third-order valence-electron chi connectivity index (χ3n) is 2.77. The lowest BCUT2D eigenvalue weighted by Crippen LogP contribution is -1.98. The quantitative estimate of drug-likeness (QED) is 0.861. The maximum atomic E-state index is 12.9. The van der Waals surface area contributed by atoms with Crippen molar-refractivity contribution in [2.75, 3.05) is 0 Å². The minimum atomic E-state index is -0.262. The second kappa shape index (κ2) is 4.63. The van der Waals surface area contributed by atoms with Gasteiger partial charge in [0.05, 0.1) is 6.61 Å². The minimum Gasteiger partial charge on any atom is -0.392 e. The molecular formula is C14H14FNO. The van der Waals surface area contributed by atoms with E-state index in [9.17, 15) is 9.50 Å². The molecule has 0 aliphatic carbocycles. The van der Waals surface area contributed by atoms with Crippen LogP contribution in [0.25, 0.3) is 11.1 Å². The van der Waals surface area contributed by atoms with Gasteiger partial charge in [0, 0.05) is 17.0 Å². The number of nitrogens with zero attached hydrogens (tertiary/aromatic N) is 1. The summed E-state index contributed by atoms with van der Waals surface area (Å²) in [4.78, 5) is 4.31. The van der Waals surface area contributed by atoms with Crippen molar-refractivity contribution in [3.05, 3.63) is 53.1 Å². The van der Waals surface area contributed by atoms with Crippen LogP contribution in [-0.4, -0.2) is 10.1 Å². The Morgan fingerprint density at radius 3 is 2.41 bits per heavy atom. The molecule has 3 heteroatoms. The zero-order valence-electron chi connectivity index (χ0n) is 9.87. The van der Waals surface area contributed by atoms with Crippen molar-refractivity contribution in [1.82, 2.24) is 4.98 Å². The van der Waals surface area contributed by atoms with Crippen molar-refractivity contribution in [3.63, 3.8) is 0 Å². The van der Waals surface area contributed by atoms with Gasteiger partial charge in [0.25, 0.3) is 0 Å². The average molecular weight is 231 g/mol. The van der Waals surface area contributed by atoms with Gasteiger partial charge in [-0.1, -0.05) is 12.1 Å². The highest BCUT2D eigenvalue weighted by atomic mass is 19.1. The van der Waals surface area contributed by atoms with Crippen LogP contribution in [0.5, 0.6) is 0 Å². The van der Waals surface area contributed by atoms with Gasteiger partial charge in [-0.3, -0.25) is 4.98 Å². The van der Waals surface area contributed by atoms with Crippen molar-refractivity contribution in [3.8, 4) is 11.1 Å². The van der Waals surface area contributed by atoms with Gasteiger partial charge in [0.15, 0.2) is 0 Å². The number of pyridine rings is 1. The lowest BCUT2D eigenvalue weighted by molar-refractivity contribution is 0.281. The summed E-state index contributed by atoms with van der Waals surface area (Å²) in [6, 6.07) is 8.17. The lowest BCUT2D eigenvalue weighted by atomic mass is 9.99. The molecule has 2 rings (SSSR count). The maximum absolute atomic E-state index is 12.9. The van der Waals surface area contributed by atoms with Gasteiger partial charge in [-0.2, -0.15) is 0 Å². The van der Waals surface area contributed by atoms with Crippen molar-refractivity contribution < 1.29 is 9.50 Å². The van der Waals surface area contributed by atoms with Crippen LogP contribution in [-0.2, 0) is 6.61 Å². The molecule has 0 saturated carbocycles. The molecule has 0 bridgehead atoms. The Labute approximate surface area is 99.8 Å². The summed E-state index contributed by atoms with van der Waals surface area (Å²) in [5.41, 5.74) is 4.30. The Hall–Kier alpha value is -1.74. The van der Waals surface area contributed by atoms with Crippen LogP contribution < -0.4 is 0 Å². The number of aromatic nitrogens is 1. The molecule has 1 N–H and O–H groups in total. The molecule has 1 aromatic carbocycles. The standard InChI is InChI=1S/C14H14FNO/c1-9-7-13(14(8-17)10(2)16-9)11-3-5-12(15)6-4-11/h3-7,17H,8H2,1-2H3. The molecule has 0 aliphatic heterocycles. The number of aliphatic hydroxyl groups excluding tert-OH is 1. The third-order valence-corrected chi connectivity index (χ3v) is 2.77. The molecule has 1 aromatic heterocycles. The number of hydrogen-bond donors (Lipinski definition) is 1. The van der Waals surface area contributed by atoms with Crippen LogP contribution in [0, 0.1) is 19.7 Å². The first-order valence-electron chi connectivity index (χ1n) is 5.45. The summed E-state index contributed by atoms with van der Waals surface area (Å²) < 4.78 is 12.9. The third kappa shape index (κ3) is 2.34. The monoisotopic (exact) mass is 231 g/mol. The molecule has 0 amide bonds. The largest absolute Gasteiger partial charge is 0.392 e. The first kappa shape index (κ1) is 11.7.